The molecule has 0 radical (unpaired) electrons. The van der Waals surface area contributed by atoms with Crippen molar-refractivity contribution in [1.82, 2.24) is 0 Å². The summed E-state index contributed by atoms with van der Waals surface area (Å²) >= 11 is 3.81. The van der Waals surface area contributed by atoms with Crippen molar-refractivity contribution in [2.24, 2.45) is 0 Å². The minimum Gasteiger partial charge on any atom is -0.134 e. The van der Waals surface area contributed by atoms with Crippen molar-refractivity contribution < 1.29 is 0 Å². The van der Waals surface area contributed by atoms with E-state index in [2.05, 4.69) is 84.3 Å². The minimum atomic E-state index is 1.08. The Bertz CT molecular complexity index is 1640. The molecule has 0 nitrogen and oxygen atoms in total. The summed E-state index contributed by atoms with van der Waals surface area (Å²) in [5.74, 6) is 12.3. The lowest BCUT2D eigenvalue weighted by Gasteiger charge is -2.01. The van der Waals surface area contributed by atoms with Gasteiger partial charge in [-0.05, 0) is 83.9 Å². The fourth-order valence-corrected chi connectivity index (χ4v) is 6.88. The van der Waals surface area contributed by atoms with Crippen LogP contribution in [0.3, 0.4) is 0 Å². The molecule has 0 aliphatic carbocycles. The van der Waals surface area contributed by atoms with E-state index in [-0.39, 0.29) is 0 Å². The molecule has 2 aromatic heterocycles. The van der Waals surface area contributed by atoms with Gasteiger partial charge < -0.3 is 0 Å². The van der Waals surface area contributed by atoms with Crippen molar-refractivity contribution in [3.8, 4) is 23.7 Å². The minimum absolute atomic E-state index is 1.08. The van der Waals surface area contributed by atoms with Crippen molar-refractivity contribution in [2.45, 2.75) is 13.8 Å². The van der Waals surface area contributed by atoms with E-state index in [1.165, 1.54) is 51.1 Å². The summed E-state index contributed by atoms with van der Waals surface area (Å²) in [5.41, 5.74) is 2.15. The van der Waals surface area contributed by atoms with Crippen LogP contribution in [0.15, 0.2) is 60.7 Å². The zero-order valence-corrected chi connectivity index (χ0v) is 18.2. The number of benzene rings is 4. The third-order valence-electron chi connectivity index (χ3n) is 5.54. The van der Waals surface area contributed by atoms with Crippen LogP contribution >= 0.6 is 22.7 Å². The second-order valence-electron chi connectivity index (χ2n) is 7.43. The largest absolute Gasteiger partial charge is 0.134 e. The van der Waals surface area contributed by atoms with Crippen molar-refractivity contribution in [3.05, 3.63) is 71.8 Å². The molecule has 0 bridgehead atoms. The highest BCUT2D eigenvalue weighted by Crippen LogP contribution is 2.46. The first-order valence-corrected chi connectivity index (χ1v) is 11.5. The Morgan fingerprint density at radius 2 is 1.00 bits per heavy atom. The van der Waals surface area contributed by atoms with E-state index in [0.29, 0.717) is 0 Å². The normalized spacial score (nSPS) is 11.1. The van der Waals surface area contributed by atoms with Crippen LogP contribution in [0.4, 0.5) is 0 Å². The third kappa shape index (κ3) is 2.62. The number of fused-ring (bicyclic) bond motifs is 7. The summed E-state index contributed by atoms with van der Waals surface area (Å²) in [6.45, 7) is 3.77. The molecule has 0 unspecified atom stereocenters. The molecule has 0 N–H and O–H groups in total. The first kappa shape index (κ1) is 17.5. The van der Waals surface area contributed by atoms with Gasteiger partial charge in [-0.15, -0.1) is 34.5 Å². The molecular weight excluding hydrogens is 400 g/mol. The lowest BCUT2D eigenvalue weighted by molar-refractivity contribution is 1.72. The van der Waals surface area contributed by atoms with Crippen LogP contribution in [0.25, 0.3) is 51.1 Å². The number of hydrogen-bond donors (Lipinski definition) is 0. The summed E-state index contributed by atoms with van der Waals surface area (Å²) in [6, 6.07) is 22.3. The molecule has 4 aromatic carbocycles. The van der Waals surface area contributed by atoms with Crippen LogP contribution in [0.5, 0.6) is 0 Å². The zero-order valence-electron chi connectivity index (χ0n) is 16.6. The Labute approximate surface area is 182 Å². The highest BCUT2D eigenvalue weighted by molar-refractivity contribution is 7.36. The van der Waals surface area contributed by atoms with Gasteiger partial charge in [0.2, 0.25) is 0 Å². The fourth-order valence-electron chi connectivity index (χ4n) is 4.19. The van der Waals surface area contributed by atoms with E-state index in [0.717, 1.165) is 11.1 Å². The predicted octanol–water partition coefficient (Wildman–Crippen LogP) is 8.32. The average Bonchev–Trinajstić information content (AvgIpc) is 3.26. The van der Waals surface area contributed by atoms with Crippen LogP contribution in [-0.4, -0.2) is 0 Å². The highest BCUT2D eigenvalue weighted by Gasteiger charge is 2.14. The monoisotopic (exact) mass is 416 g/mol. The smallest absolute Gasteiger partial charge is 0.0542 e. The fraction of sp³-hybridized carbons (Fsp3) is 0.0714. The van der Waals surface area contributed by atoms with Gasteiger partial charge in [0.1, 0.15) is 0 Å². The van der Waals surface area contributed by atoms with Crippen LogP contribution in [0.1, 0.15) is 25.0 Å². The maximum absolute atomic E-state index is 3.17. The van der Waals surface area contributed by atoms with Gasteiger partial charge in [0.05, 0.1) is 9.40 Å². The Morgan fingerprint density at radius 3 is 1.43 bits per heavy atom. The first-order valence-electron chi connectivity index (χ1n) is 9.85. The van der Waals surface area contributed by atoms with Crippen LogP contribution in [0.2, 0.25) is 0 Å². The predicted molar refractivity (Wildman–Crippen MR) is 135 cm³/mol. The van der Waals surface area contributed by atoms with E-state index < -0.39 is 0 Å². The van der Waals surface area contributed by atoms with E-state index in [4.69, 9.17) is 0 Å². The number of rotatable bonds is 0. The van der Waals surface area contributed by atoms with Crippen molar-refractivity contribution >= 4 is 73.8 Å². The van der Waals surface area contributed by atoms with Gasteiger partial charge in [-0.25, -0.2) is 0 Å². The van der Waals surface area contributed by atoms with Crippen molar-refractivity contribution in [1.29, 1.82) is 0 Å². The van der Waals surface area contributed by atoms with Crippen LogP contribution < -0.4 is 0 Å². The van der Waals surface area contributed by atoms with Crippen molar-refractivity contribution in [3.63, 3.8) is 0 Å². The Balaban J connectivity index is 1.64. The molecule has 2 heteroatoms. The highest BCUT2D eigenvalue weighted by atomic mass is 32.1. The van der Waals surface area contributed by atoms with Gasteiger partial charge in [0, 0.05) is 31.3 Å². The van der Waals surface area contributed by atoms with Gasteiger partial charge >= 0.3 is 0 Å². The number of hydrogen-bond acceptors (Lipinski definition) is 2. The molecule has 0 aliphatic rings. The second kappa shape index (κ2) is 6.61. The quantitative estimate of drug-likeness (QED) is 0.218. The average molecular weight is 417 g/mol. The van der Waals surface area contributed by atoms with Crippen LogP contribution in [-0.2, 0) is 0 Å². The molecule has 30 heavy (non-hydrogen) atoms. The molecule has 0 aliphatic heterocycles. The summed E-state index contributed by atoms with van der Waals surface area (Å²) in [6.07, 6.45) is 0. The summed E-state index contributed by atoms with van der Waals surface area (Å²) in [7, 11) is 0. The van der Waals surface area contributed by atoms with E-state index >= 15 is 0 Å². The summed E-state index contributed by atoms with van der Waals surface area (Å²) < 4.78 is 5.49. The maximum Gasteiger partial charge on any atom is 0.0542 e. The third-order valence-corrected chi connectivity index (χ3v) is 8.04. The first-order chi connectivity index (χ1) is 14.7. The molecule has 0 saturated carbocycles. The van der Waals surface area contributed by atoms with E-state index in [9.17, 15) is 0 Å². The SMILES string of the molecule is CC#Cc1ccc2cc3c(cc2c1)sc1c2cc4ccc(C#CC)cc4cc2sc31. The zero-order chi connectivity index (χ0) is 20.2. The molecule has 0 atom stereocenters. The summed E-state index contributed by atoms with van der Waals surface area (Å²) in [4.78, 5) is 0. The number of thiophene rings is 2. The topological polar surface area (TPSA) is 0 Å². The van der Waals surface area contributed by atoms with Gasteiger partial charge in [-0.2, -0.15) is 0 Å². The molecule has 140 valence electrons. The maximum atomic E-state index is 3.17. The molecule has 6 aromatic rings. The molecule has 0 spiro atoms. The van der Waals surface area contributed by atoms with Gasteiger partial charge in [-0.3, -0.25) is 0 Å². The molecule has 0 amide bonds. The molecule has 2 heterocycles. The summed E-state index contributed by atoms with van der Waals surface area (Å²) in [5, 5.41) is 7.79. The van der Waals surface area contributed by atoms with E-state index in [1.807, 2.05) is 36.5 Å². The van der Waals surface area contributed by atoms with Crippen molar-refractivity contribution in [2.75, 3.05) is 0 Å². The van der Waals surface area contributed by atoms with Gasteiger partial charge in [0.15, 0.2) is 0 Å². The standard InChI is InChI=1S/C28H16S2/c1-3-5-17-7-9-19-13-23-25(15-21(19)11-17)29-28-24-14-20-10-8-18(6-4-2)12-22(20)16-26(24)30-27(23)28/h7-16H,1-2H3. The molecule has 0 saturated heterocycles. The lowest BCUT2D eigenvalue weighted by Crippen LogP contribution is -1.77. The van der Waals surface area contributed by atoms with Gasteiger partial charge in [0.25, 0.3) is 0 Å². The Morgan fingerprint density at radius 1 is 0.533 bits per heavy atom. The lowest BCUT2D eigenvalue weighted by atomic mass is 10.0. The Hall–Kier alpha value is -3.30. The van der Waals surface area contributed by atoms with E-state index in [1.54, 1.807) is 0 Å². The van der Waals surface area contributed by atoms with Gasteiger partial charge in [-0.1, -0.05) is 24.0 Å². The Kier molecular flexibility index (Phi) is 3.87. The second-order valence-corrected chi connectivity index (χ2v) is 9.54. The van der Waals surface area contributed by atoms with Crippen LogP contribution in [0, 0.1) is 23.7 Å². The molecule has 0 fully saturated rings. The molecular formula is C28H16S2. The molecule has 6 rings (SSSR count).